The van der Waals surface area contributed by atoms with Crippen LogP contribution in [0.15, 0.2) is 34.9 Å². The molecule has 3 aromatic rings. The normalized spacial score (nSPS) is 14.5. The first-order valence-electron chi connectivity index (χ1n) is 8.54. The standard InChI is InChI=1S/C19H16F3N3O2/c1-10-16-14(8-15(12-4-5-12)24-18(16)27-25-10)17(26)23-9-11-2-6-13(7-3-11)19(20,21)22/h2-3,6-8,12H,4-5,9H2,1H3,(H,23,26). The van der Waals surface area contributed by atoms with Crippen molar-refractivity contribution in [2.45, 2.75) is 38.4 Å². The molecule has 0 bridgehead atoms. The van der Waals surface area contributed by atoms with Gasteiger partial charge in [0.25, 0.3) is 11.6 Å². The number of carbonyl (C=O) groups is 1. The first kappa shape index (κ1) is 17.5. The number of carbonyl (C=O) groups excluding carboxylic acids is 1. The third-order valence-electron chi connectivity index (χ3n) is 4.61. The molecule has 0 spiro atoms. The van der Waals surface area contributed by atoms with E-state index >= 15 is 0 Å². The molecule has 1 aromatic carbocycles. The summed E-state index contributed by atoms with van der Waals surface area (Å²) in [4.78, 5) is 17.2. The maximum Gasteiger partial charge on any atom is 0.416 e. The van der Waals surface area contributed by atoms with E-state index in [2.05, 4.69) is 15.5 Å². The largest absolute Gasteiger partial charge is 0.416 e. The zero-order chi connectivity index (χ0) is 19.2. The van der Waals surface area contributed by atoms with Crippen LogP contribution in [-0.2, 0) is 12.7 Å². The Morgan fingerprint density at radius 1 is 1.26 bits per heavy atom. The van der Waals surface area contributed by atoms with Crippen LogP contribution in [0, 0.1) is 6.92 Å². The van der Waals surface area contributed by atoms with Crippen molar-refractivity contribution < 1.29 is 22.5 Å². The van der Waals surface area contributed by atoms with Crippen LogP contribution in [0.5, 0.6) is 0 Å². The van der Waals surface area contributed by atoms with Crippen LogP contribution < -0.4 is 5.32 Å². The average molecular weight is 375 g/mol. The van der Waals surface area contributed by atoms with Crippen molar-refractivity contribution in [2.24, 2.45) is 0 Å². The highest BCUT2D eigenvalue weighted by Gasteiger charge is 2.30. The van der Waals surface area contributed by atoms with Gasteiger partial charge in [-0.1, -0.05) is 17.3 Å². The Labute approximate surface area is 152 Å². The van der Waals surface area contributed by atoms with Gasteiger partial charge in [0.2, 0.25) is 0 Å². The second kappa shape index (κ2) is 6.37. The molecule has 0 saturated heterocycles. The molecule has 0 aliphatic heterocycles. The first-order chi connectivity index (χ1) is 12.8. The summed E-state index contributed by atoms with van der Waals surface area (Å²) in [6.07, 6.45) is -2.33. The second-order valence-electron chi connectivity index (χ2n) is 6.69. The Kier molecular flexibility index (Phi) is 4.13. The lowest BCUT2D eigenvalue weighted by Gasteiger charge is -2.10. The molecule has 1 N–H and O–H groups in total. The van der Waals surface area contributed by atoms with Gasteiger partial charge in [-0.25, -0.2) is 4.98 Å². The van der Waals surface area contributed by atoms with E-state index in [0.29, 0.717) is 33.8 Å². The molecule has 0 unspecified atom stereocenters. The van der Waals surface area contributed by atoms with Crippen LogP contribution >= 0.6 is 0 Å². The molecule has 1 amide bonds. The van der Waals surface area contributed by atoms with Gasteiger partial charge in [0.15, 0.2) is 0 Å². The minimum absolute atomic E-state index is 0.115. The van der Waals surface area contributed by atoms with E-state index in [9.17, 15) is 18.0 Å². The fourth-order valence-electron chi connectivity index (χ4n) is 2.97. The van der Waals surface area contributed by atoms with Crippen molar-refractivity contribution >= 4 is 17.0 Å². The molecule has 5 nitrogen and oxygen atoms in total. The number of aromatic nitrogens is 2. The van der Waals surface area contributed by atoms with Crippen molar-refractivity contribution in [3.63, 3.8) is 0 Å². The number of benzene rings is 1. The topological polar surface area (TPSA) is 68.0 Å². The molecule has 2 heterocycles. The van der Waals surface area contributed by atoms with Crippen LogP contribution in [0.3, 0.4) is 0 Å². The predicted octanol–water partition coefficient (Wildman–Crippen LogP) is 4.36. The molecule has 1 saturated carbocycles. The highest BCUT2D eigenvalue weighted by molar-refractivity contribution is 6.06. The van der Waals surface area contributed by atoms with Crippen LogP contribution in [0.4, 0.5) is 13.2 Å². The summed E-state index contributed by atoms with van der Waals surface area (Å²) in [5, 5.41) is 7.20. The minimum Gasteiger partial charge on any atom is -0.348 e. The number of hydrogen-bond donors (Lipinski definition) is 1. The highest BCUT2D eigenvalue weighted by Crippen LogP contribution is 2.40. The Morgan fingerprint density at radius 2 is 1.96 bits per heavy atom. The molecule has 1 fully saturated rings. The number of aryl methyl sites for hydroxylation is 1. The van der Waals surface area contributed by atoms with Gasteiger partial charge in [0.05, 0.1) is 22.2 Å². The van der Waals surface area contributed by atoms with Gasteiger partial charge in [-0.15, -0.1) is 0 Å². The third-order valence-corrected chi connectivity index (χ3v) is 4.61. The fraction of sp³-hybridized carbons (Fsp3) is 0.316. The zero-order valence-electron chi connectivity index (χ0n) is 14.4. The number of alkyl halides is 3. The summed E-state index contributed by atoms with van der Waals surface area (Å²) >= 11 is 0. The van der Waals surface area contributed by atoms with Crippen LogP contribution in [-0.4, -0.2) is 16.0 Å². The van der Waals surface area contributed by atoms with Gasteiger partial charge in [0, 0.05) is 18.2 Å². The molecule has 27 heavy (non-hydrogen) atoms. The van der Waals surface area contributed by atoms with Gasteiger partial charge in [0.1, 0.15) is 0 Å². The van der Waals surface area contributed by atoms with Gasteiger partial charge in [-0.05, 0) is 43.5 Å². The van der Waals surface area contributed by atoms with Crippen LogP contribution in [0.2, 0.25) is 0 Å². The van der Waals surface area contributed by atoms with Crippen LogP contribution in [0.25, 0.3) is 11.1 Å². The molecule has 140 valence electrons. The summed E-state index contributed by atoms with van der Waals surface area (Å²) in [5.41, 5.74) is 1.98. The van der Waals surface area contributed by atoms with Crippen molar-refractivity contribution in [1.29, 1.82) is 0 Å². The summed E-state index contributed by atoms with van der Waals surface area (Å²) < 4.78 is 43.1. The molecular weight excluding hydrogens is 359 g/mol. The Morgan fingerprint density at radius 3 is 2.59 bits per heavy atom. The van der Waals surface area contributed by atoms with Crippen molar-refractivity contribution in [1.82, 2.24) is 15.5 Å². The third kappa shape index (κ3) is 3.51. The fourth-order valence-corrected chi connectivity index (χ4v) is 2.97. The quantitative estimate of drug-likeness (QED) is 0.736. The molecule has 0 radical (unpaired) electrons. The number of halogens is 3. The second-order valence-corrected chi connectivity index (χ2v) is 6.69. The Hall–Kier alpha value is -2.90. The monoisotopic (exact) mass is 375 g/mol. The average Bonchev–Trinajstić information content (AvgIpc) is 3.42. The lowest BCUT2D eigenvalue weighted by molar-refractivity contribution is -0.137. The number of nitrogens with zero attached hydrogens (tertiary/aromatic N) is 2. The number of nitrogens with one attached hydrogen (secondary N) is 1. The maximum atomic E-state index is 12.7. The summed E-state index contributed by atoms with van der Waals surface area (Å²) in [6.45, 7) is 1.85. The van der Waals surface area contributed by atoms with E-state index < -0.39 is 11.7 Å². The van der Waals surface area contributed by atoms with Gasteiger partial charge in [-0.3, -0.25) is 4.79 Å². The molecule has 2 aromatic heterocycles. The number of fused-ring (bicyclic) bond motifs is 1. The highest BCUT2D eigenvalue weighted by atomic mass is 19.4. The lowest BCUT2D eigenvalue weighted by Crippen LogP contribution is -2.23. The summed E-state index contributed by atoms with van der Waals surface area (Å²) in [7, 11) is 0. The number of pyridine rings is 1. The molecular formula is C19H16F3N3O2. The maximum absolute atomic E-state index is 12.7. The minimum atomic E-state index is -4.38. The van der Waals surface area contributed by atoms with Gasteiger partial charge in [-0.2, -0.15) is 13.2 Å². The first-order valence-corrected chi connectivity index (χ1v) is 8.54. The van der Waals surface area contributed by atoms with E-state index in [1.807, 2.05) is 0 Å². The smallest absolute Gasteiger partial charge is 0.348 e. The van der Waals surface area contributed by atoms with Gasteiger partial charge < -0.3 is 9.84 Å². The van der Waals surface area contributed by atoms with E-state index in [1.54, 1.807) is 13.0 Å². The van der Waals surface area contributed by atoms with Crippen molar-refractivity contribution in [2.75, 3.05) is 0 Å². The molecule has 1 aliphatic rings. The van der Waals surface area contributed by atoms with E-state index in [4.69, 9.17) is 4.52 Å². The van der Waals surface area contributed by atoms with Crippen molar-refractivity contribution in [3.05, 3.63) is 58.4 Å². The SMILES string of the molecule is Cc1noc2nc(C3CC3)cc(C(=O)NCc3ccc(C(F)(F)F)cc3)c12. The zero-order valence-corrected chi connectivity index (χ0v) is 14.4. The molecule has 8 heteroatoms. The van der Waals surface area contributed by atoms with E-state index in [-0.39, 0.29) is 12.5 Å². The van der Waals surface area contributed by atoms with Gasteiger partial charge >= 0.3 is 6.18 Å². The van der Waals surface area contributed by atoms with Crippen LogP contribution in [0.1, 0.15) is 51.6 Å². The summed E-state index contributed by atoms with van der Waals surface area (Å²) in [6, 6.07) is 6.46. The number of hydrogen-bond acceptors (Lipinski definition) is 4. The van der Waals surface area contributed by atoms with E-state index in [0.717, 1.165) is 30.7 Å². The molecule has 1 aliphatic carbocycles. The Balaban J connectivity index is 1.55. The predicted molar refractivity (Wildman–Crippen MR) is 91.1 cm³/mol. The lowest BCUT2D eigenvalue weighted by atomic mass is 10.1. The number of amides is 1. The van der Waals surface area contributed by atoms with E-state index in [1.165, 1.54) is 12.1 Å². The number of rotatable bonds is 4. The van der Waals surface area contributed by atoms with Crippen molar-refractivity contribution in [3.8, 4) is 0 Å². The molecule has 4 rings (SSSR count). The molecule has 0 atom stereocenters. The Bertz CT molecular complexity index is 1010. The summed E-state index contributed by atoms with van der Waals surface area (Å²) in [5.74, 6) is -0.00299.